The van der Waals surface area contributed by atoms with E-state index in [9.17, 15) is 19.7 Å². The number of carbonyl (C=O) groups excluding carboxylic acids is 2. The van der Waals surface area contributed by atoms with Crippen LogP contribution in [0.2, 0.25) is 0 Å². The zero-order valence-electron chi connectivity index (χ0n) is 17.6. The fourth-order valence-electron chi connectivity index (χ4n) is 3.37. The van der Waals surface area contributed by atoms with Crippen molar-refractivity contribution >= 4 is 23.4 Å². The van der Waals surface area contributed by atoms with Crippen LogP contribution >= 0.6 is 0 Å². The Morgan fingerprint density at radius 1 is 1.13 bits per heavy atom. The average molecular weight is 425 g/mol. The molecule has 3 rings (SSSR count). The molecule has 0 unspecified atom stereocenters. The second-order valence-corrected chi connectivity index (χ2v) is 7.22. The number of anilines is 1. The summed E-state index contributed by atoms with van der Waals surface area (Å²) in [5, 5.41) is 13.8. The van der Waals surface area contributed by atoms with Crippen LogP contribution in [0.5, 0.6) is 5.75 Å². The van der Waals surface area contributed by atoms with E-state index < -0.39 is 23.0 Å². The molecule has 2 aromatic carbocycles. The van der Waals surface area contributed by atoms with E-state index in [4.69, 9.17) is 9.47 Å². The van der Waals surface area contributed by atoms with Crippen molar-refractivity contribution in [1.29, 1.82) is 0 Å². The molecule has 0 spiro atoms. The molecule has 1 heterocycles. The molecule has 2 amide bonds. The Kier molecular flexibility index (Phi) is 6.24. The number of methoxy groups -OCH3 is 1. The van der Waals surface area contributed by atoms with Gasteiger partial charge >= 0.3 is 12.0 Å². The summed E-state index contributed by atoms with van der Waals surface area (Å²) in [6, 6.07) is 11.3. The average Bonchev–Trinajstić information content (AvgIpc) is 2.73. The Labute approximate surface area is 179 Å². The maximum atomic E-state index is 13.0. The Morgan fingerprint density at radius 3 is 2.26 bits per heavy atom. The lowest BCUT2D eigenvalue weighted by Crippen LogP contribution is -2.48. The highest BCUT2D eigenvalue weighted by Gasteiger charge is 2.37. The summed E-state index contributed by atoms with van der Waals surface area (Å²) < 4.78 is 10.6. The summed E-state index contributed by atoms with van der Waals surface area (Å²) in [5.41, 5.74) is 1.65. The fraction of sp³-hybridized carbons (Fsp3) is 0.273. The summed E-state index contributed by atoms with van der Waals surface area (Å²) >= 11 is 0. The molecule has 0 saturated carbocycles. The third-order valence-corrected chi connectivity index (χ3v) is 4.82. The van der Waals surface area contributed by atoms with Gasteiger partial charge in [-0.15, -0.1) is 0 Å². The van der Waals surface area contributed by atoms with Gasteiger partial charge in [0, 0.05) is 17.8 Å². The predicted molar refractivity (Wildman–Crippen MR) is 114 cm³/mol. The molecule has 1 N–H and O–H groups in total. The van der Waals surface area contributed by atoms with Crippen LogP contribution in [-0.2, 0) is 9.53 Å². The normalized spacial score (nSPS) is 16.2. The first-order chi connectivity index (χ1) is 14.7. The van der Waals surface area contributed by atoms with Gasteiger partial charge in [-0.25, -0.2) is 9.59 Å². The summed E-state index contributed by atoms with van der Waals surface area (Å²) in [5.74, 6) is 0.0559. The largest absolute Gasteiger partial charge is 0.497 e. The van der Waals surface area contributed by atoms with Gasteiger partial charge in [0.15, 0.2) is 0 Å². The van der Waals surface area contributed by atoms with Crippen molar-refractivity contribution in [2.75, 3.05) is 12.0 Å². The van der Waals surface area contributed by atoms with Crippen LogP contribution in [0, 0.1) is 10.1 Å². The van der Waals surface area contributed by atoms with Gasteiger partial charge in [-0.3, -0.25) is 15.0 Å². The first-order valence-electron chi connectivity index (χ1n) is 9.63. The predicted octanol–water partition coefficient (Wildman–Crippen LogP) is 4.10. The SMILES string of the molecule is COc1ccc(N2C(=O)N[C@H](c3ccc([N+](=O)[O-])cc3)C(C(=O)OC(C)C)=C2C)cc1. The number of ether oxygens (including phenoxy) is 2. The number of nitro groups is 1. The second-order valence-electron chi connectivity index (χ2n) is 7.22. The summed E-state index contributed by atoms with van der Waals surface area (Å²) in [7, 11) is 1.54. The number of non-ortho nitro benzene ring substituents is 1. The van der Waals surface area contributed by atoms with Crippen LogP contribution in [0.4, 0.5) is 16.2 Å². The Balaban J connectivity index is 2.09. The molecule has 0 saturated heterocycles. The molecule has 0 radical (unpaired) electrons. The Morgan fingerprint density at radius 2 is 1.74 bits per heavy atom. The highest BCUT2D eigenvalue weighted by atomic mass is 16.6. The lowest BCUT2D eigenvalue weighted by atomic mass is 9.94. The zero-order valence-corrected chi connectivity index (χ0v) is 17.6. The van der Waals surface area contributed by atoms with Crippen molar-refractivity contribution in [3.63, 3.8) is 0 Å². The van der Waals surface area contributed by atoms with Gasteiger partial charge in [-0.1, -0.05) is 0 Å². The number of benzene rings is 2. The quantitative estimate of drug-likeness (QED) is 0.424. The minimum atomic E-state index is -0.811. The van der Waals surface area contributed by atoms with E-state index in [1.807, 2.05) is 0 Å². The van der Waals surface area contributed by atoms with Crippen LogP contribution in [0.25, 0.3) is 0 Å². The second kappa shape index (κ2) is 8.86. The fourth-order valence-corrected chi connectivity index (χ4v) is 3.37. The summed E-state index contributed by atoms with van der Waals surface area (Å²) in [6.07, 6.45) is -0.364. The molecular weight excluding hydrogens is 402 g/mol. The van der Waals surface area contributed by atoms with Crippen molar-refractivity contribution in [1.82, 2.24) is 5.32 Å². The highest BCUT2D eigenvalue weighted by molar-refractivity contribution is 6.03. The number of hydrogen-bond donors (Lipinski definition) is 1. The number of allylic oxidation sites excluding steroid dienone is 1. The molecule has 2 aromatic rings. The van der Waals surface area contributed by atoms with Gasteiger partial charge in [0.2, 0.25) is 0 Å². The molecule has 31 heavy (non-hydrogen) atoms. The smallest absolute Gasteiger partial charge is 0.338 e. The number of hydrogen-bond acceptors (Lipinski definition) is 6. The van der Waals surface area contributed by atoms with Gasteiger partial charge in [0.25, 0.3) is 5.69 Å². The molecule has 1 atom stereocenters. The van der Waals surface area contributed by atoms with E-state index in [2.05, 4.69) is 5.32 Å². The third-order valence-electron chi connectivity index (χ3n) is 4.82. The van der Waals surface area contributed by atoms with Gasteiger partial charge in [0.05, 0.1) is 35.4 Å². The minimum Gasteiger partial charge on any atom is -0.497 e. The number of carbonyl (C=O) groups is 2. The molecule has 9 heteroatoms. The van der Waals surface area contributed by atoms with Crippen molar-refractivity contribution in [3.8, 4) is 5.75 Å². The Bertz CT molecular complexity index is 1030. The van der Waals surface area contributed by atoms with Crippen LogP contribution in [-0.4, -0.2) is 30.1 Å². The van der Waals surface area contributed by atoms with E-state index in [1.54, 1.807) is 52.1 Å². The lowest BCUT2D eigenvalue weighted by molar-refractivity contribution is -0.384. The number of nitro benzene ring substituents is 1. The third kappa shape index (κ3) is 4.50. The number of nitrogens with zero attached hydrogens (tertiary/aromatic N) is 2. The van der Waals surface area contributed by atoms with Gasteiger partial charge in [0.1, 0.15) is 5.75 Å². The molecule has 1 aliphatic heterocycles. The number of urea groups is 1. The number of rotatable bonds is 6. The number of amides is 2. The van der Waals surface area contributed by atoms with Crippen LogP contribution in [0.3, 0.4) is 0 Å². The van der Waals surface area contributed by atoms with Crippen LogP contribution in [0.1, 0.15) is 32.4 Å². The highest BCUT2D eigenvalue weighted by Crippen LogP contribution is 2.35. The van der Waals surface area contributed by atoms with Crippen molar-refractivity contribution < 1.29 is 24.0 Å². The maximum Gasteiger partial charge on any atom is 0.338 e. The van der Waals surface area contributed by atoms with E-state index >= 15 is 0 Å². The molecule has 0 fully saturated rings. The summed E-state index contributed by atoms with van der Waals surface area (Å²) in [6.45, 7) is 5.13. The first kappa shape index (κ1) is 21.8. The number of esters is 1. The minimum absolute atomic E-state index is 0.0854. The molecule has 162 valence electrons. The van der Waals surface area contributed by atoms with E-state index in [0.29, 0.717) is 22.7 Å². The number of nitrogens with one attached hydrogen (secondary N) is 1. The van der Waals surface area contributed by atoms with E-state index in [0.717, 1.165) is 0 Å². The van der Waals surface area contributed by atoms with Crippen molar-refractivity contribution in [3.05, 3.63) is 75.5 Å². The van der Waals surface area contributed by atoms with E-state index in [1.165, 1.54) is 29.2 Å². The molecule has 1 aliphatic rings. The first-order valence-corrected chi connectivity index (χ1v) is 9.63. The maximum absolute atomic E-state index is 13.0. The van der Waals surface area contributed by atoms with Crippen molar-refractivity contribution in [2.24, 2.45) is 0 Å². The Hall–Kier alpha value is -3.88. The molecular formula is C22H23N3O6. The van der Waals surface area contributed by atoms with E-state index in [-0.39, 0.29) is 17.4 Å². The molecule has 0 aromatic heterocycles. The van der Waals surface area contributed by atoms with Gasteiger partial charge in [-0.2, -0.15) is 0 Å². The van der Waals surface area contributed by atoms with Gasteiger partial charge < -0.3 is 14.8 Å². The zero-order chi connectivity index (χ0) is 22.7. The lowest BCUT2D eigenvalue weighted by Gasteiger charge is -2.35. The molecule has 0 bridgehead atoms. The van der Waals surface area contributed by atoms with Crippen molar-refractivity contribution in [2.45, 2.75) is 32.9 Å². The summed E-state index contributed by atoms with van der Waals surface area (Å²) in [4.78, 5) is 37.8. The molecule has 9 nitrogen and oxygen atoms in total. The van der Waals surface area contributed by atoms with Crippen LogP contribution in [0.15, 0.2) is 59.8 Å². The molecule has 0 aliphatic carbocycles. The monoisotopic (exact) mass is 425 g/mol. The topological polar surface area (TPSA) is 111 Å². The standard InChI is InChI=1S/C22H23N3O6/c1-13(2)31-21(26)19-14(3)24(16-9-11-18(30-4)12-10-16)22(27)23-20(19)15-5-7-17(8-6-15)25(28)29/h5-13,20H,1-4H3,(H,23,27)/t20-/m1/s1. The van der Waals surface area contributed by atoms with Gasteiger partial charge in [-0.05, 0) is 62.7 Å². The van der Waals surface area contributed by atoms with Crippen LogP contribution < -0.4 is 15.0 Å².